The van der Waals surface area contributed by atoms with E-state index in [2.05, 4.69) is 15.4 Å². The number of nitrogens with one attached hydrogen (secondary N) is 3. The summed E-state index contributed by atoms with van der Waals surface area (Å²) in [5.41, 5.74) is 0. The summed E-state index contributed by atoms with van der Waals surface area (Å²) in [6.07, 6.45) is 0.108. The first-order chi connectivity index (χ1) is 11.0. The van der Waals surface area contributed by atoms with Gasteiger partial charge in [0.05, 0.1) is 4.90 Å². The van der Waals surface area contributed by atoms with Crippen LogP contribution >= 0.6 is 12.4 Å². The third-order valence-corrected chi connectivity index (χ3v) is 4.83. The van der Waals surface area contributed by atoms with Gasteiger partial charge in [-0.2, -0.15) is 0 Å². The summed E-state index contributed by atoms with van der Waals surface area (Å²) in [6.45, 7) is 1.27. The molecule has 0 fully saturated rings. The highest BCUT2D eigenvalue weighted by Crippen LogP contribution is 2.18. The van der Waals surface area contributed by atoms with Crippen molar-refractivity contribution in [2.24, 2.45) is 0 Å². The molecule has 2 aromatic rings. The minimum Gasteiger partial charge on any atom is -0.355 e. The standard InChI is InChI=1S/C16H21N3O3S.ClH/c1-17-10-11-18-16(20)8-9-19-23(21,22)15-7-6-13-4-2-3-5-14(13)12-15;/h2-7,12,17,19H,8-11H2,1H3,(H,18,20);1H. The highest BCUT2D eigenvalue weighted by molar-refractivity contribution is 7.89. The van der Waals surface area contributed by atoms with Gasteiger partial charge in [-0.1, -0.05) is 30.3 Å². The number of amides is 1. The summed E-state index contributed by atoms with van der Waals surface area (Å²) in [7, 11) is -1.82. The first kappa shape index (κ1) is 20.4. The molecule has 24 heavy (non-hydrogen) atoms. The van der Waals surface area contributed by atoms with Crippen LogP contribution in [0, 0.1) is 0 Å². The molecule has 0 saturated heterocycles. The molecule has 3 N–H and O–H groups in total. The van der Waals surface area contributed by atoms with Gasteiger partial charge in [0.2, 0.25) is 15.9 Å². The van der Waals surface area contributed by atoms with Gasteiger partial charge < -0.3 is 10.6 Å². The monoisotopic (exact) mass is 371 g/mol. The largest absolute Gasteiger partial charge is 0.355 e. The van der Waals surface area contributed by atoms with Gasteiger partial charge in [0.1, 0.15) is 0 Å². The number of sulfonamides is 1. The van der Waals surface area contributed by atoms with Crippen LogP contribution in [-0.4, -0.2) is 41.0 Å². The summed E-state index contributed by atoms with van der Waals surface area (Å²) in [6, 6.07) is 12.5. The maximum atomic E-state index is 12.3. The number of hydrogen-bond donors (Lipinski definition) is 3. The number of carbonyl (C=O) groups is 1. The Balaban J connectivity index is 0.00000288. The molecule has 0 aromatic heterocycles. The lowest BCUT2D eigenvalue weighted by Gasteiger charge is -2.08. The smallest absolute Gasteiger partial charge is 0.240 e. The topological polar surface area (TPSA) is 87.3 Å². The fraction of sp³-hybridized carbons (Fsp3) is 0.312. The zero-order valence-electron chi connectivity index (χ0n) is 13.4. The summed E-state index contributed by atoms with van der Waals surface area (Å²) in [5, 5.41) is 7.45. The fourth-order valence-corrected chi connectivity index (χ4v) is 3.20. The van der Waals surface area contributed by atoms with Crippen molar-refractivity contribution in [3.05, 3.63) is 42.5 Å². The van der Waals surface area contributed by atoms with E-state index in [0.717, 1.165) is 10.8 Å². The minimum absolute atomic E-state index is 0. The zero-order chi connectivity index (χ0) is 16.7. The van der Waals surface area contributed by atoms with E-state index < -0.39 is 10.0 Å². The summed E-state index contributed by atoms with van der Waals surface area (Å²) >= 11 is 0. The van der Waals surface area contributed by atoms with Crippen molar-refractivity contribution in [2.75, 3.05) is 26.7 Å². The lowest BCUT2D eigenvalue weighted by atomic mass is 10.1. The molecule has 0 radical (unpaired) electrons. The van der Waals surface area contributed by atoms with E-state index in [-0.39, 0.29) is 36.2 Å². The average molecular weight is 372 g/mol. The Kier molecular flexibility index (Phi) is 8.14. The molecule has 2 rings (SSSR count). The molecule has 1 amide bonds. The van der Waals surface area contributed by atoms with Crippen molar-refractivity contribution in [2.45, 2.75) is 11.3 Å². The number of carbonyl (C=O) groups excluding carboxylic acids is 1. The van der Waals surface area contributed by atoms with Crippen LogP contribution < -0.4 is 15.4 Å². The quantitative estimate of drug-likeness (QED) is 0.610. The van der Waals surface area contributed by atoms with Crippen molar-refractivity contribution < 1.29 is 13.2 Å². The Bertz CT molecular complexity index is 781. The second-order valence-electron chi connectivity index (χ2n) is 5.11. The number of likely N-dealkylation sites (N-methyl/N-ethyl adjacent to an activating group) is 1. The van der Waals surface area contributed by atoms with Gasteiger partial charge in [-0.3, -0.25) is 4.79 Å². The Morgan fingerprint density at radius 2 is 1.71 bits per heavy atom. The maximum absolute atomic E-state index is 12.3. The van der Waals surface area contributed by atoms with Gasteiger partial charge in [-0.05, 0) is 30.0 Å². The predicted octanol–water partition coefficient (Wildman–Crippen LogP) is 1.27. The van der Waals surface area contributed by atoms with E-state index in [0.29, 0.717) is 13.1 Å². The summed E-state index contributed by atoms with van der Waals surface area (Å²) in [4.78, 5) is 11.7. The number of halogens is 1. The Morgan fingerprint density at radius 1 is 1.00 bits per heavy atom. The second kappa shape index (κ2) is 9.58. The number of rotatable bonds is 8. The van der Waals surface area contributed by atoms with E-state index in [1.165, 1.54) is 0 Å². The zero-order valence-corrected chi connectivity index (χ0v) is 15.0. The molecule has 0 heterocycles. The summed E-state index contributed by atoms with van der Waals surface area (Å²) in [5.74, 6) is -0.179. The average Bonchev–Trinajstić information content (AvgIpc) is 2.54. The molecule has 6 nitrogen and oxygen atoms in total. The van der Waals surface area contributed by atoms with Crippen LogP contribution in [0.2, 0.25) is 0 Å². The van der Waals surface area contributed by atoms with Crippen molar-refractivity contribution in [3.63, 3.8) is 0 Å². The van der Waals surface area contributed by atoms with Crippen LogP contribution in [0.15, 0.2) is 47.4 Å². The highest BCUT2D eigenvalue weighted by atomic mass is 35.5. The number of hydrogen-bond acceptors (Lipinski definition) is 4. The molecule has 0 spiro atoms. The van der Waals surface area contributed by atoms with Gasteiger partial charge >= 0.3 is 0 Å². The summed E-state index contributed by atoms with van der Waals surface area (Å²) < 4.78 is 27.0. The lowest BCUT2D eigenvalue weighted by Crippen LogP contribution is -2.33. The molecule has 0 bridgehead atoms. The van der Waals surface area contributed by atoms with Crippen LogP contribution in [0.1, 0.15) is 6.42 Å². The van der Waals surface area contributed by atoms with Crippen molar-refractivity contribution >= 4 is 39.1 Å². The molecule has 0 aliphatic heterocycles. The molecule has 0 atom stereocenters. The molecule has 8 heteroatoms. The minimum atomic E-state index is -3.61. The fourth-order valence-electron chi connectivity index (χ4n) is 2.13. The molecule has 0 aliphatic carbocycles. The van der Waals surface area contributed by atoms with Crippen molar-refractivity contribution in [1.29, 1.82) is 0 Å². The first-order valence-corrected chi connectivity index (χ1v) is 8.91. The van der Waals surface area contributed by atoms with Gasteiger partial charge in [-0.25, -0.2) is 13.1 Å². The van der Waals surface area contributed by atoms with Gasteiger partial charge in [0.25, 0.3) is 0 Å². The Morgan fingerprint density at radius 3 is 2.42 bits per heavy atom. The molecular weight excluding hydrogens is 350 g/mol. The van der Waals surface area contributed by atoms with E-state index in [4.69, 9.17) is 0 Å². The normalized spacial score (nSPS) is 11.0. The van der Waals surface area contributed by atoms with Crippen molar-refractivity contribution in [3.8, 4) is 0 Å². The van der Waals surface area contributed by atoms with Crippen LogP contribution in [0.3, 0.4) is 0 Å². The molecule has 0 aliphatic rings. The highest BCUT2D eigenvalue weighted by Gasteiger charge is 2.14. The molecule has 132 valence electrons. The predicted molar refractivity (Wildman–Crippen MR) is 97.9 cm³/mol. The Hall–Kier alpha value is -1.67. The third-order valence-electron chi connectivity index (χ3n) is 3.37. The van der Waals surface area contributed by atoms with E-state index in [9.17, 15) is 13.2 Å². The van der Waals surface area contributed by atoms with Crippen LogP contribution in [-0.2, 0) is 14.8 Å². The molecule has 0 saturated carbocycles. The Labute approximate surface area is 148 Å². The maximum Gasteiger partial charge on any atom is 0.240 e. The third kappa shape index (κ3) is 5.76. The van der Waals surface area contributed by atoms with Crippen LogP contribution in [0.5, 0.6) is 0 Å². The second-order valence-corrected chi connectivity index (χ2v) is 6.88. The van der Waals surface area contributed by atoms with Crippen molar-refractivity contribution in [1.82, 2.24) is 15.4 Å². The van der Waals surface area contributed by atoms with E-state index in [1.807, 2.05) is 24.3 Å². The van der Waals surface area contributed by atoms with Gasteiger partial charge in [0.15, 0.2) is 0 Å². The van der Waals surface area contributed by atoms with Gasteiger partial charge in [-0.15, -0.1) is 12.4 Å². The lowest BCUT2D eigenvalue weighted by molar-refractivity contribution is -0.120. The molecule has 0 unspecified atom stereocenters. The SMILES string of the molecule is CNCCNC(=O)CCNS(=O)(=O)c1ccc2ccccc2c1.Cl. The van der Waals surface area contributed by atoms with Crippen LogP contribution in [0.4, 0.5) is 0 Å². The van der Waals surface area contributed by atoms with Crippen LogP contribution in [0.25, 0.3) is 10.8 Å². The van der Waals surface area contributed by atoms with E-state index in [1.54, 1.807) is 25.2 Å². The molecular formula is C16H22ClN3O3S. The first-order valence-electron chi connectivity index (χ1n) is 7.43. The van der Waals surface area contributed by atoms with E-state index >= 15 is 0 Å². The van der Waals surface area contributed by atoms with Gasteiger partial charge in [0, 0.05) is 26.1 Å². The molecule has 2 aromatic carbocycles. The number of fused-ring (bicyclic) bond motifs is 1. The number of benzene rings is 2.